The highest BCUT2D eigenvalue weighted by Crippen LogP contribution is 2.30. The van der Waals surface area contributed by atoms with Crippen molar-refractivity contribution in [2.75, 3.05) is 0 Å². The first-order valence-electron chi connectivity index (χ1n) is 5.75. The molecular weight excluding hydrogens is 302 g/mol. The standard InChI is InChI=1S/C10H14BrNS.CH4N2O/c11-10-9(12-7-13-10)6-8-4-2-1-3-5-8;2-3-1-4/h7-8H,1-6H2;1H,2H2,(H,3,4). The van der Waals surface area contributed by atoms with Crippen LogP contribution in [0.5, 0.6) is 0 Å². The Morgan fingerprint density at radius 1 is 1.53 bits per heavy atom. The smallest absolute Gasteiger partial charge is 0.221 e. The molecule has 1 aliphatic rings. The summed E-state index contributed by atoms with van der Waals surface area (Å²) >= 11 is 5.25. The monoisotopic (exact) mass is 319 g/mol. The first-order chi connectivity index (χ1) is 8.27. The van der Waals surface area contributed by atoms with Crippen LogP contribution >= 0.6 is 27.3 Å². The molecule has 1 fully saturated rings. The number of hydrogen-bond acceptors (Lipinski definition) is 4. The molecule has 4 nitrogen and oxygen atoms in total. The molecule has 0 spiro atoms. The Morgan fingerprint density at radius 2 is 2.18 bits per heavy atom. The quantitative estimate of drug-likeness (QED) is 0.389. The second-order valence-electron chi connectivity index (χ2n) is 4.07. The van der Waals surface area contributed by atoms with Gasteiger partial charge in [-0.2, -0.15) is 0 Å². The lowest BCUT2D eigenvalue weighted by Gasteiger charge is -2.20. The number of aromatic nitrogens is 1. The zero-order valence-electron chi connectivity index (χ0n) is 9.69. The highest BCUT2D eigenvalue weighted by Gasteiger charge is 2.16. The number of carbonyl (C=O) groups excluding carboxylic acids is 1. The minimum absolute atomic E-state index is 0.403. The molecule has 1 aromatic rings. The van der Waals surface area contributed by atoms with Crippen molar-refractivity contribution in [2.24, 2.45) is 11.8 Å². The van der Waals surface area contributed by atoms with Crippen LogP contribution in [0.2, 0.25) is 0 Å². The Labute approximate surface area is 114 Å². The fraction of sp³-hybridized carbons (Fsp3) is 0.636. The molecule has 1 saturated carbocycles. The summed E-state index contributed by atoms with van der Waals surface area (Å²) in [6.07, 6.45) is 8.69. The molecule has 6 heteroatoms. The van der Waals surface area contributed by atoms with Crippen molar-refractivity contribution >= 4 is 33.7 Å². The number of nitrogens with two attached hydrogens (primary N) is 1. The van der Waals surface area contributed by atoms with Crippen LogP contribution in [-0.2, 0) is 11.2 Å². The molecule has 17 heavy (non-hydrogen) atoms. The average Bonchev–Trinajstić information content (AvgIpc) is 2.77. The minimum atomic E-state index is 0.403. The maximum atomic E-state index is 8.94. The largest absolute Gasteiger partial charge is 0.297 e. The SMILES string of the molecule is Brc1scnc1CC1CCCCC1.NNC=O. The van der Waals surface area contributed by atoms with Crippen LogP contribution < -0.4 is 11.3 Å². The first-order valence-corrected chi connectivity index (χ1v) is 7.42. The second kappa shape index (κ2) is 8.60. The van der Waals surface area contributed by atoms with Gasteiger partial charge in [-0.1, -0.05) is 32.1 Å². The summed E-state index contributed by atoms with van der Waals surface area (Å²) in [5, 5.41) is 0. The van der Waals surface area contributed by atoms with Gasteiger partial charge in [-0.3, -0.25) is 10.2 Å². The summed E-state index contributed by atoms with van der Waals surface area (Å²) in [5.74, 6) is 5.31. The van der Waals surface area contributed by atoms with E-state index < -0.39 is 0 Å². The highest BCUT2D eigenvalue weighted by atomic mass is 79.9. The molecule has 0 unspecified atom stereocenters. The Balaban J connectivity index is 0.000000317. The number of nitrogens with one attached hydrogen (secondary N) is 1. The summed E-state index contributed by atoms with van der Waals surface area (Å²) in [4.78, 5) is 13.3. The van der Waals surface area contributed by atoms with E-state index in [9.17, 15) is 0 Å². The van der Waals surface area contributed by atoms with E-state index in [1.807, 2.05) is 5.51 Å². The number of rotatable bonds is 3. The van der Waals surface area contributed by atoms with Crippen LogP contribution in [0.15, 0.2) is 9.30 Å². The van der Waals surface area contributed by atoms with E-state index in [1.54, 1.807) is 16.8 Å². The number of hydrogen-bond donors (Lipinski definition) is 2. The molecular formula is C11H18BrN3OS. The predicted octanol–water partition coefficient (Wildman–Crippen LogP) is 2.63. The number of carbonyl (C=O) groups is 1. The molecule has 0 aliphatic heterocycles. The van der Waals surface area contributed by atoms with Gasteiger partial charge >= 0.3 is 0 Å². The van der Waals surface area contributed by atoms with Crippen LogP contribution in [0, 0.1) is 5.92 Å². The van der Waals surface area contributed by atoms with E-state index in [-0.39, 0.29) is 0 Å². The summed E-state index contributed by atoms with van der Waals surface area (Å²) < 4.78 is 1.23. The molecule has 0 aromatic carbocycles. The molecule has 0 atom stereocenters. The normalized spacial score (nSPS) is 15.9. The van der Waals surface area contributed by atoms with Gasteiger partial charge in [-0.25, -0.2) is 10.8 Å². The van der Waals surface area contributed by atoms with Crippen molar-refractivity contribution in [3.63, 3.8) is 0 Å². The molecule has 1 heterocycles. The van der Waals surface area contributed by atoms with Crippen LogP contribution in [0.3, 0.4) is 0 Å². The number of thiazole rings is 1. The number of amides is 1. The Hall–Kier alpha value is -0.460. The van der Waals surface area contributed by atoms with Crippen LogP contribution in [0.1, 0.15) is 37.8 Å². The first kappa shape index (κ1) is 14.6. The van der Waals surface area contributed by atoms with Gasteiger partial charge in [0.1, 0.15) is 0 Å². The van der Waals surface area contributed by atoms with Gasteiger partial charge in [0, 0.05) is 0 Å². The van der Waals surface area contributed by atoms with Gasteiger partial charge in [0.15, 0.2) is 0 Å². The van der Waals surface area contributed by atoms with E-state index in [1.165, 1.54) is 48.0 Å². The predicted molar refractivity (Wildman–Crippen MR) is 73.5 cm³/mol. The lowest BCUT2D eigenvalue weighted by atomic mass is 9.86. The van der Waals surface area contributed by atoms with Gasteiger partial charge < -0.3 is 0 Å². The van der Waals surface area contributed by atoms with Crippen LogP contribution in [0.25, 0.3) is 0 Å². The summed E-state index contributed by atoms with van der Waals surface area (Å²) in [6.45, 7) is 0. The molecule has 0 radical (unpaired) electrons. The summed E-state index contributed by atoms with van der Waals surface area (Å²) in [5.41, 5.74) is 4.96. The number of nitrogens with zero attached hydrogens (tertiary/aromatic N) is 1. The van der Waals surface area contributed by atoms with Gasteiger partial charge in [0.05, 0.1) is 15.0 Å². The van der Waals surface area contributed by atoms with Crippen molar-refractivity contribution in [3.05, 3.63) is 15.0 Å². The third-order valence-corrected chi connectivity index (χ3v) is 4.54. The van der Waals surface area contributed by atoms with Gasteiger partial charge in [0.2, 0.25) is 6.41 Å². The molecule has 1 amide bonds. The topological polar surface area (TPSA) is 68.0 Å². The third-order valence-electron chi connectivity index (χ3n) is 2.87. The molecule has 0 bridgehead atoms. The van der Waals surface area contributed by atoms with Crippen molar-refractivity contribution in [2.45, 2.75) is 38.5 Å². The number of hydrazine groups is 1. The van der Waals surface area contributed by atoms with Gasteiger partial charge in [0.25, 0.3) is 0 Å². The number of halogens is 1. The second-order valence-corrected chi connectivity index (χ2v) is 6.24. The van der Waals surface area contributed by atoms with Crippen molar-refractivity contribution in [1.29, 1.82) is 0 Å². The Bertz CT molecular complexity index is 326. The Kier molecular flexibility index (Phi) is 7.39. The highest BCUT2D eigenvalue weighted by molar-refractivity contribution is 9.11. The molecule has 2 rings (SSSR count). The average molecular weight is 320 g/mol. The third kappa shape index (κ3) is 5.61. The molecule has 1 aromatic heterocycles. The summed E-state index contributed by atoms with van der Waals surface area (Å²) in [7, 11) is 0. The fourth-order valence-corrected chi connectivity index (χ4v) is 3.11. The zero-order valence-corrected chi connectivity index (χ0v) is 12.1. The van der Waals surface area contributed by atoms with E-state index in [0.717, 1.165) is 5.92 Å². The molecule has 0 saturated heterocycles. The van der Waals surface area contributed by atoms with E-state index in [4.69, 9.17) is 4.79 Å². The summed E-state index contributed by atoms with van der Waals surface area (Å²) in [6, 6.07) is 0. The molecule has 96 valence electrons. The maximum Gasteiger partial charge on any atom is 0.221 e. The van der Waals surface area contributed by atoms with Gasteiger partial charge in [-0.05, 0) is 28.3 Å². The van der Waals surface area contributed by atoms with Crippen LogP contribution in [-0.4, -0.2) is 11.4 Å². The molecule has 1 aliphatic carbocycles. The van der Waals surface area contributed by atoms with Crippen LogP contribution in [0.4, 0.5) is 0 Å². The van der Waals surface area contributed by atoms with Crippen molar-refractivity contribution < 1.29 is 4.79 Å². The van der Waals surface area contributed by atoms with Crippen molar-refractivity contribution in [1.82, 2.24) is 10.4 Å². The maximum absolute atomic E-state index is 8.94. The zero-order chi connectivity index (χ0) is 12.5. The lowest BCUT2D eigenvalue weighted by molar-refractivity contribution is -0.109. The van der Waals surface area contributed by atoms with Crippen molar-refractivity contribution in [3.8, 4) is 0 Å². The van der Waals surface area contributed by atoms with E-state index in [2.05, 4.69) is 26.8 Å². The lowest BCUT2D eigenvalue weighted by Crippen LogP contribution is -2.18. The minimum Gasteiger partial charge on any atom is -0.297 e. The van der Waals surface area contributed by atoms with E-state index >= 15 is 0 Å². The fourth-order valence-electron chi connectivity index (χ4n) is 2.05. The van der Waals surface area contributed by atoms with Gasteiger partial charge in [-0.15, -0.1) is 11.3 Å². The van der Waals surface area contributed by atoms with E-state index in [0.29, 0.717) is 6.41 Å². The Morgan fingerprint density at radius 3 is 2.65 bits per heavy atom. The molecule has 3 N–H and O–H groups in total.